The van der Waals surface area contributed by atoms with Crippen molar-refractivity contribution in [2.24, 2.45) is 5.92 Å². The first-order chi connectivity index (χ1) is 11.1. The Hall–Kier alpha value is -1.55. The fourth-order valence-corrected chi connectivity index (χ4v) is 3.26. The molecule has 1 aromatic rings. The van der Waals surface area contributed by atoms with Crippen molar-refractivity contribution in [3.63, 3.8) is 0 Å². The third-order valence-corrected chi connectivity index (χ3v) is 5.06. The van der Waals surface area contributed by atoms with Gasteiger partial charge in [-0.3, -0.25) is 0 Å². The molecule has 1 aromatic carbocycles. The van der Waals surface area contributed by atoms with Crippen LogP contribution < -0.4 is 5.32 Å². The maximum absolute atomic E-state index is 12.2. The summed E-state index contributed by atoms with van der Waals surface area (Å²) in [5.74, 6) is 0.425. The quantitative estimate of drug-likeness (QED) is 0.847. The number of aliphatic hydroxyl groups is 1. The van der Waals surface area contributed by atoms with Gasteiger partial charge in [-0.2, -0.15) is 0 Å². The van der Waals surface area contributed by atoms with Crippen molar-refractivity contribution in [1.29, 1.82) is 0 Å². The highest BCUT2D eigenvalue weighted by molar-refractivity contribution is 5.74. The van der Waals surface area contributed by atoms with Crippen LogP contribution in [0.3, 0.4) is 0 Å². The first-order valence-electron chi connectivity index (χ1n) is 8.83. The summed E-state index contributed by atoms with van der Waals surface area (Å²) in [6.45, 7) is 3.10. The summed E-state index contributed by atoms with van der Waals surface area (Å²) < 4.78 is 0. The molecule has 0 bridgehead atoms. The summed E-state index contributed by atoms with van der Waals surface area (Å²) in [7, 11) is 1.88. The van der Waals surface area contributed by atoms with Gasteiger partial charge in [0.1, 0.15) is 0 Å². The van der Waals surface area contributed by atoms with Crippen LogP contribution in [0.25, 0.3) is 0 Å². The van der Waals surface area contributed by atoms with Gasteiger partial charge in [-0.15, -0.1) is 0 Å². The molecule has 1 saturated carbocycles. The van der Waals surface area contributed by atoms with Gasteiger partial charge in [-0.05, 0) is 55.6 Å². The average Bonchev–Trinajstić information content (AvgIpc) is 2.61. The Morgan fingerprint density at radius 3 is 2.35 bits per heavy atom. The molecule has 0 saturated heterocycles. The normalized spacial score (nSPS) is 21.0. The summed E-state index contributed by atoms with van der Waals surface area (Å²) in [5, 5.41) is 12.2. The van der Waals surface area contributed by atoms with E-state index in [9.17, 15) is 9.90 Å². The minimum atomic E-state index is 0.0163. The number of carbonyl (C=O) groups is 1. The zero-order valence-corrected chi connectivity index (χ0v) is 14.4. The second kappa shape index (κ2) is 8.92. The lowest BCUT2D eigenvalue weighted by Gasteiger charge is -2.34. The molecule has 23 heavy (non-hydrogen) atoms. The van der Waals surface area contributed by atoms with Crippen molar-refractivity contribution in [3.8, 4) is 0 Å². The van der Waals surface area contributed by atoms with Crippen molar-refractivity contribution >= 4 is 6.03 Å². The molecule has 4 nitrogen and oxygen atoms in total. The highest BCUT2D eigenvalue weighted by atomic mass is 16.3. The number of urea groups is 1. The lowest BCUT2D eigenvalue weighted by molar-refractivity contribution is 0.134. The van der Waals surface area contributed by atoms with Crippen LogP contribution in [-0.2, 0) is 12.8 Å². The molecule has 0 spiro atoms. The van der Waals surface area contributed by atoms with Gasteiger partial charge in [0.15, 0.2) is 0 Å². The molecular weight excluding hydrogens is 288 g/mol. The molecule has 0 heterocycles. The van der Waals surface area contributed by atoms with E-state index in [0.717, 1.165) is 38.5 Å². The number of hydrogen-bond donors (Lipinski definition) is 2. The van der Waals surface area contributed by atoms with E-state index in [0.29, 0.717) is 18.5 Å². The van der Waals surface area contributed by atoms with Crippen LogP contribution >= 0.6 is 0 Å². The smallest absolute Gasteiger partial charge is 0.317 e. The van der Waals surface area contributed by atoms with E-state index < -0.39 is 0 Å². The highest BCUT2D eigenvalue weighted by Gasteiger charge is 2.25. The van der Waals surface area contributed by atoms with Crippen LogP contribution in [0.2, 0.25) is 0 Å². The van der Waals surface area contributed by atoms with Crippen LogP contribution in [0.1, 0.15) is 43.7 Å². The number of nitrogens with one attached hydrogen (secondary N) is 1. The zero-order valence-electron chi connectivity index (χ0n) is 14.4. The monoisotopic (exact) mass is 318 g/mol. The first-order valence-corrected chi connectivity index (χ1v) is 8.83. The SMILES string of the molecule is CCc1ccc(CCNC(=O)N(C)C2CCC(CO)CC2)cc1. The van der Waals surface area contributed by atoms with E-state index in [2.05, 4.69) is 36.5 Å². The number of amides is 2. The number of nitrogens with zero attached hydrogens (tertiary/aromatic N) is 1. The Kier molecular flexibility index (Phi) is 6.90. The lowest BCUT2D eigenvalue weighted by atomic mass is 9.86. The molecule has 1 aliphatic carbocycles. The second-order valence-corrected chi connectivity index (χ2v) is 6.62. The van der Waals surface area contributed by atoms with Crippen LogP contribution in [0.4, 0.5) is 4.79 Å². The summed E-state index contributed by atoms with van der Waals surface area (Å²) >= 11 is 0. The van der Waals surface area contributed by atoms with E-state index in [1.807, 2.05) is 11.9 Å². The van der Waals surface area contributed by atoms with Crippen molar-refractivity contribution < 1.29 is 9.90 Å². The maximum Gasteiger partial charge on any atom is 0.317 e. The topological polar surface area (TPSA) is 52.6 Å². The van der Waals surface area contributed by atoms with Crippen molar-refractivity contribution in [2.45, 2.75) is 51.5 Å². The van der Waals surface area contributed by atoms with Crippen LogP contribution in [0.5, 0.6) is 0 Å². The summed E-state index contributed by atoms with van der Waals surface area (Å²) in [6.07, 6.45) is 5.94. The van der Waals surface area contributed by atoms with Crippen LogP contribution in [0.15, 0.2) is 24.3 Å². The van der Waals surface area contributed by atoms with Gasteiger partial charge in [-0.1, -0.05) is 31.2 Å². The number of aliphatic hydroxyl groups excluding tert-OH is 1. The lowest BCUT2D eigenvalue weighted by Crippen LogP contribution is -2.45. The number of hydrogen-bond acceptors (Lipinski definition) is 2. The third-order valence-electron chi connectivity index (χ3n) is 5.06. The number of rotatable bonds is 6. The minimum absolute atomic E-state index is 0.0163. The number of aryl methyl sites for hydroxylation is 1. The Labute approximate surface area is 139 Å². The van der Waals surface area contributed by atoms with E-state index in [1.165, 1.54) is 11.1 Å². The molecule has 128 valence electrons. The van der Waals surface area contributed by atoms with Gasteiger partial charge in [0.25, 0.3) is 0 Å². The Bertz CT molecular complexity index is 479. The molecule has 0 aliphatic heterocycles. The van der Waals surface area contributed by atoms with Crippen molar-refractivity contribution in [2.75, 3.05) is 20.2 Å². The maximum atomic E-state index is 12.2. The molecule has 0 aromatic heterocycles. The Morgan fingerprint density at radius 2 is 1.78 bits per heavy atom. The third kappa shape index (κ3) is 5.24. The van der Waals surface area contributed by atoms with Gasteiger partial charge >= 0.3 is 6.03 Å². The molecule has 2 amide bonds. The van der Waals surface area contributed by atoms with Crippen molar-refractivity contribution in [3.05, 3.63) is 35.4 Å². The molecule has 0 atom stereocenters. The summed E-state index contributed by atoms with van der Waals surface area (Å²) in [4.78, 5) is 14.1. The van der Waals surface area contributed by atoms with E-state index >= 15 is 0 Å². The molecule has 1 fully saturated rings. The molecule has 2 rings (SSSR count). The molecule has 0 unspecified atom stereocenters. The van der Waals surface area contributed by atoms with Crippen LogP contribution in [0, 0.1) is 5.92 Å². The average molecular weight is 318 g/mol. The van der Waals surface area contributed by atoms with Crippen LogP contribution in [-0.4, -0.2) is 42.3 Å². The van der Waals surface area contributed by atoms with Gasteiger partial charge in [-0.25, -0.2) is 4.79 Å². The molecule has 1 aliphatic rings. The molecule has 4 heteroatoms. The predicted molar refractivity (Wildman–Crippen MR) is 93.5 cm³/mol. The Morgan fingerprint density at radius 1 is 1.17 bits per heavy atom. The minimum Gasteiger partial charge on any atom is -0.396 e. The molecule has 2 N–H and O–H groups in total. The van der Waals surface area contributed by atoms with E-state index in [4.69, 9.17) is 0 Å². The second-order valence-electron chi connectivity index (χ2n) is 6.62. The van der Waals surface area contributed by atoms with Gasteiger partial charge in [0, 0.05) is 26.2 Å². The first kappa shape index (κ1) is 17.8. The van der Waals surface area contributed by atoms with Crippen molar-refractivity contribution in [1.82, 2.24) is 10.2 Å². The highest BCUT2D eigenvalue weighted by Crippen LogP contribution is 2.26. The largest absolute Gasteiger partial charge is 0.396 e. The zero-order chi connectivity index (χ0) is 16.7. The number of carbonyl (C=O) groups excluding carboxylic acids is 1. The fourth-order valence-electron chi connectivity index (χ4n) is 3.26. The summed E-state index contributed by atoms with van der Waals surface area (Å²) in [6, 6.07) is 8.92. The van der Waals surface area contributed by atoms with E-state index in [1.54, 1.807) is 0 Å². The fraction of sp³-hybridized carbons (Fsp3) is 0.632. The predicted octanol–water partition coefficient (Wildman–Crippen LogP) is 2.98. The molecule has 0 radical (unpaired) electrons. The molecular formula is C19H30N2O2. The standard InChI is InChI=1S/C19H30N2O2/c1-3-15-4-6-16(7-5-15)12-13-20-19(23)21(2)18-10-8-17(14-22)9-11-18/h4-7,17-18,22H,3,8-14H2,1-2H3,(H,20,23). The Balaban J connectivity index is 1.71. The van der Waals surface area contributed by atoms with Gasteiger partial charge in [0.2, 0.25) is 0 Å². The summed E-state index contributed by atoms with van der Waals surface area (Å²) in [5.41, 5.74) is 2.60. The van der Waals surface area contributed by atoms with Gasteiger partial charge in [0.05, 0.1) is 0 Å². The number of benzene rings is 1. The van der Waals surface area contributed by atoms with E-state index in [-0.39, 0.29) is 12.6 Å². The van der Waals surface area contributed by atoms with Gasteiger partial charge < -0.3 is 15.3 Å².